The average Bonchev–Trinajstić information content (AvgIpc) is 2.86. The van der Waals surface area contributed by atoms with Gasteiger partial charge < -0.3 is 4.74 Å². The molecule has 0 N–H and O–H groups in total. The topological polar surface area (TPSA) is 9.23 Å². The molecule has 3 rings (SSSR count). The molecule has 4 heteroatoms. The second-order valence-corrected chi connectivity index (χ2v) is 8.80. The van der Waals surface area contributed by atoms with Gasteiger partial charge in [0.25, 0.3) is 0 Å². The fourth-order valence-corrected chi connectivity index (χ4v) is 4.07. The van der Waals surface area contributed by atoms with Gasteiger partial charge in [-0.25, -0.2) is 13.2 Å². The Morgan fingerprint density at radius 3 is 2.15 bits per heavy atom. The van der Waals surface area contributed by atoms with E-state index >= 15 is 0 Å². The maximum absolute atomic E-state index is 15.0. The molecule has 0 fully saturated rings. The van der Waals surface area contributed by atoms with Gasteiger partial charge in [0.2, 0.25) is 0 Å². The van der Waals surface area contributed by atoms with Gasteiger partial charge in [0.1, 0.15) is 5.82 Å². The van der Waals surface area contributed by atoms with Gasteiger partial charge in [-0.05, 0) is 60.4 Å². The van der Waals surface area contributed by atoms with E-state index in [2.05, 4.69) is 13.8 Å². The zero-order chi connectivity index (χ0) is 24.7. The van der Waals surface area contributed by atoms with Crippen molar-refractivity contribution >= 4 is 0 Å². The molecule has 3 aromatic rings. The lowest BCUT2D eigenvalue weighted by Gasteiger charge is -2.19. The molecule has 0 heterocycles. The standard InChI is InChI=1S/C30H33F3O/c1-5-7-8-23-14-16-25(30(33)29(23)32)22-12-10-21(11-13-22)24-15-17-26(27(31)19-24)28(34-4)18-9-20(3)6-2/h5,7,10-17,19-20,28H,6,8-9,18H2,1-4H3/b7-5-. The van der Waals surface area contributed by atoms with Crippen molar-refractivity contribution in [1.82, 2.24) is 0 Å². The Kier molecular flexibility index (Phi) is 9.12. The highest BCUT2D eigenvalue weighted by Gasteiger charge is 2.18. The van der Waals surface area contributed by atoms with Crippen LogP contribution in [0.2, 0.25) is 0 Å². The number of halogens is 3. The molecule has 3 aromatic carbocycles. The van der Waals surface area contributed by atoms with Gasteiger partial charge in [-0.1, -0.05) is 81.0 Å². The summed E-state index contributed by atoms with van der Waals surface area (Å²) in [7, 11) is 1.61. The molecule has 2 unspecified atom stereocenters. The highest BCUT2D eigenvalue weighted by Crippen LogP contribution is 2.32. The molecule has 0 aliphatic heterocycles. The van der Waals surface area contributed by atoms with Crippen LogP contribution in [0.25, 0.3) is 22.3 Å². The van der Waals surface area contributed by atoms with E-state index in [4.69, 9.17) is 4.74 Å². The summed E-state index contributed by atoms with van der Waals surface area (Å²) in [5.74, 6) is -1.41. The minimum absolute atomic E-state index is 0.207. The molecular formula is C30H33F3O. The number of hydrogen-bond donors (Lipinski definition) is 0. The van der Waals surface area contributed by atoms with E-state index in [0.29, 0.717) is 29.0 Å². The van der Waals surface area contributed by atoms with Crippen LogP contribution < -0.4 is 0 Å². The van der Waals surface area contributed by atoms with Crippen LogP contribution in [-0.2, 0) is 11.2 Å². The van der Waals surface area contributed by atoms with Gasteiger partial charge >= 0.3 is 0 Å². The summed E-state index contributed by atoms with van der Waals surface area (Å²) in [6.45, 7) is 6.18. The Bertz CT molecular complexity index is 1120. The summed E-state index contributed by atoms with van der Waals surface area (Å²) in [4.78, 5) is 0. The second kappa shape index (κ2) is 12.0. The summed E-state index contributed by atoms with van der Waals surface area (Å²) in [6.07, 6.45) is 6.50. The summed E-state index contributed by atoms with van der Waals surface area (Å²) in [6, 6.07) is 15.4. The minimum Gasteiger partial charge on any atom is -0.377 e. The maximum Gasteiger partial charge on any atom is 0.166 e. The predicted molar refractivity (Wildman–Crippen MR) is 134 cm³/mol. The predicted octanol–water partition coefficient (Wildman–Crippen LogP) is 9.07. The average molecular weight is 467 g/mol. The van der Waals surface area contributed by atoms with Gasteiger partial charge in [-0.2, -0.15) is 0 Å². The Morgan fingerprint density at radius 2 is 1.53 bits per heavy atom. The molecular weight excluding hydrogens is 433 g/mol. The van der Waals surface area contributed by atoms with E-state index in [0.717, 1.165) is 30.4 Å². The number of rotatable bonds is 10. The zero-order valence-electron chi connectivity index (χ0n) is 20.4. The first-order chi connectivity index (χ1) is 16.4. The molecule has 0 aliphatic rings. The number of ether oxygens (including phenoxy) is 1. The van der Waals surface area contributed by atoms with Crippen molar-refractivity contribution in [2.24, 2.45) is 5.92 Å². The smallest absolute Gasteiger partial charge is 0.166 e. The van der Waals surface area contributed by atoms with Gasteiger partial charge in [-0.15, -0.1) is 0 Å². The zero-order valence-corrected chi connectivity index (χ0v) is 20.4. The van der Waals surface area contributed by atoms with Crippen molar-refractivity contribution in [2.45, 2.75) is 52.6 Å². The van der Waals surface area contributed by atoms with E-state index in [-0.39, 0.29) is 17.5 Å². The lowest BCUT2D eigenvalue weighted by molar-refractivity contribution is 0.0867. The molecule has 0 aromatic heterocycles. The molecule has 0 spiro atoms. The van der Waals surface area contributed by atoms with Crippen LogP contribution in [0.1, 0.15) is 57.3 Å². The molecule has 0 bridgehead atoms. The van der Waals surface area contributed by atoms with E-state index in [9.17, 15) is 13.2 Å². The lowest BCUT2D eigenvalue weighted by atomic mass is 9.94. The Hall–Kier alpha value is -2.85. The first-order valence-corrected chi connectivity index (χ1v) is 11.9. The number of methoxy groups -OCH3 is 1. The Morgan fingerprint density at radius 1 is 0.853 bits per heavy atom. The number of allylic oxidation sites excluding steroid dienone is 2. The SMILES string of the molecule is C/C=C\Cc1ccc(-c2ccc(-c3ccc(C(CCC(C)CC)OC)c(F)c3)cc2)c(F)c1F. The molecule has 1 nitrogen and oxygen atoms in total. The largest absolute Gasteiger partial charge is 0.377 e. The van der Waals surface area contributed by atoms with Crippen LogP contribution in [0.5, 0.6) is 0 Å². The monoisotopic (exact) mass is 466 g/mol. The van der Waals surface area contributed by atoms with Gasteiger partial charge in [0, 0.05) is 18.2 Å². The third kappa shape index (κ3) is 5.98. The van der Waals surface area contributed by atoms with Crippen molar-refractivity contribution in [2.75, 3.05) is 7.11 Å². The molecule has 0 radical (unpaired) electrons. The molecule has 0 saturated heterocycles. The van der Waals surface area contributed by atoms with Gasteiger partial charge in [-0.3, -0.25) is 0 Å². The fraction of sp³-hybridized carbons (Fsp3) is 0.333. The molecule has 0 saturated carbocycles. The van der Waals surface area contributed by atoms with Crippen molar-refractivity contribution < 1.29 is 17.9 Å². The summed E-state index contributed by atoms with van der Waals surface area (Å²) in [5, 5.41) is 0. The third-order valence-corrected chi connectivity index (χ3v) is 6.52. The number of hydrogen-bond acceptors (Lipinski definition) is 1. The van der Waals surface area contributed by atoms with Crippen molar-refractivity contribution in [3.63, 3.8) is 0 Å². The van der Waals surface area contributed by atoms with E-state index in [1.54, 1.807) is 55.7 Å². The maximum atomic E-state index is 15.0. The molecule has 0 aliphatic carbocycles. The minimum atomic E-state index is -0.854. The van der Waals surface area contributed by atoms with E-state index < -0.39 is 11.6 Å². The van der Waals surface area contributed by atoms with Crippen LogP contribution >= 0.6 is 0 Å². The Labute approximate surface area is 201 Å². The summed E-state index contributed by atoms with van der Waals surface area (Å²) in [5.41, 5.74) is 3.18. The van der Waals surface area contributed by atoms with Crippen molar-refractivity contribution in [1.29, 1.82) is 0 Å². The second-order valence-electron chi connectivity index (χ2n) is 8.80. The van der Waals surface area contributed by atoms with Crippen LogP contribution in [0, 0.1) is 23.4 Å². The number of benzene rings is 3. The van der Waals surface area contributed by atoms with Crippen LogP contribution in [0.3, 0.4) is 0 Å². The highest BCUT2D eigenvalue weighted by molar-refractivity contribution is 5.71. The molecule has 2 atom stereocenters. The van der Waals surface area contributed by atoms with Gasteiger partial charge in [0.05, 0.1) is 6.10 Å². The van der Waals surface area contributed by atoms with E-state index in [1.807, 2.05) is 19.1 Å². The molecule has 0 amide bonds. The van der Waals surface area contributed by atoms with Crippen LogP contribution in [0.4, 0.5) is 13.2 Å². The molecule has 34 heavy (non-hydrogen) atoms. The van der Waals surface area contributed by atoms with E-state index in [1.165, 1.54) is 6.07 Å². The molecule has 180 valence electrons. The first-order valence-electron chi connectivity index (χ1n) is 11.9. The lowest BCUT2D eigenvalue weighted by Crippen LogP contribution is -2.06. The van der Waals surface area contributed by atoms with Gasteiger partial charge in [0.15, 0.2) is 11.6 Å². The van der Waals surface area contributed by atoms with Crippen molar-refractivity contribution in [3.8, 4) is 22.3 Å². The van der Waals surface area contributed by atoms with Crippen LogP contribution in [0.15, 0.2) is 66.7 Å². The fourth-order valence-electron chi connectivity index (χ4n) is 4.07. The Balaban J connectivity index is 1.81. The summed E-state index contributed by atoms with van der Waals surface area (Å²) < 4.78 is 49.7. The highest BCUT2D eigenvalue weighted by atomic mass is 19.2. The normalized spacial score (nSPS) is 13.4. The summed E-state index contributed by atoms with van der Waals surface area (Å²) >= 11 is 0. The first kappa shape index (κ1) is 25.8. The van der Waals surface area contributed by atoms with Crippen LogP contribution in [-0.4, -0.2) is 7.11 Å². The third-order valence-electron chi connectivity index (χ3n) is 6.52. The van der Waals surface area contributed by atoms with Crippen molar-refractivity contribution in [3.05, 3.63) is 95.3 Å². The quantitative estimate of drug-likeness (QED) is 0.271.